The van der Waals surface area contributed by atoms with E-state index >= 15 is 0 Å². The van der Waals surface area contributed by atoms with E-state index in [4.69, 9.17) is 0 Å². The predicted octanol–water partition coefficient (Wildman–Crippen LogP) is 0.664. The fourth-order valence-electron chi connectivity index (χ4n) is 0. The van der Waals surface area contributed by atoms with Gasteiger partial charge in [0.05, 0.1) is 20.7 Å². The van der Waals surface area contributed by atoms with Crippen LogP contribution in [0.15, 0.2) is 0 Å². The number of hydrogen-bond acceptors (Lipinski definition) is 1. The van der Waals surface area contributed by atoms with Crippen LogP contribution in [0.5, 0.6) is 0 Å². The summed E-state index contributed by atoms with van der Waals surface area (Å²) in [5.41, 5.74) is 0. The van der Waals surface area contributed by atoms with Crippen LogP contribution in [-0.2, 0) is 0 Å². The van der Waals surface area contributed by atoms with Gasteiger partial charge in [0, 0.05) is 6.92 Å². The SMILES string of the molecule is CC=[NH+]C.CC=[PH+]C.CNC.CPC. The first-order valence-electron chi connectivity index (χ1n) is 4.73. The van der Waals surface area contributed by atoms with E-state index in [1.807, 2.05) is 34.3 Å². The van der Waals surface area contributed by atoms with Crippen molar-refractivity contribution in [1.29, 1.82) is 0 Å². The van der Waals surface area contributed by atoms with Gasteiger partial charge < -0.3 is 5.32 Å². The Bertz CT molecular complexity index is 74.1. The summed E-state index contributed by atoms with van der Waals surface area (Å²) in [6, 6.07) is 0. The number of rotatable bonds is 0. The standard InChI is InChI=1S/C3H7N.C3H7P.C2H7N.C2H7P/c2*1-3-4-2;2*1-3-2/h2*3H,1-2H3;2*3H,1-2H3/p+2. The zero-order valence-electron chi connectivity index (χ0n) is 11.2. The van der Waals surface area contributed by atoms with Gasteiger partial charge in [-0.3, -0.25) is 4.99 Å². The molecule has 0 rings (SSSR count). The molecule has 0 fully saturated rings. The minimum absolute atomic E-state index is 1.02. The van der Waals surface area contributed by atoms with E-state index in [0.717, 1.165) is 16.8 Å². The third kappa shape index (κ3) is 310. The van der Waals surface area contributed by atoms with Crippen LogP contribution in [0.3, 0.4) is 0 Å². The van der Waals surface area contributed by atoms with Crippen molar-refractivity contribution in [2.24, 2.45) is 0 Å². The largest absolute Gasteiger partial charge is 0.323 e. The molecule has 1 unspecified atom stereocenters. The molecule has 2 nitrogen and oxygen atoms in total. The quantitative estimate of drug-likeness (QED) is 0.472. The zero-order valence-corrected chi connectivity index (χ0v) is 13.2. The Morgan fingerprint density at radius 1 is 1.21 bits per heavy atom. The fraction of sp³-hybridized carbons (Fsp3) is 0.800. The second-order valence-corrected chi connectivity index (χ2v) is 4.31. The van der Waals surface area contributed by atoms with Crippen LogP contribution in [0.2, 0.25) is 0 Å². The van der Waals surface area contributed by atoms with Crippen molar-refractivity contribution in [3.8, 4) is 0 Å². The lowest BCUT2D eigenvalue weighted by atomic mass is 10.9. The Balaban J connectivity index is -0.0000000482. The fourth-order valence-corrected chi connectivity index (χ4v) is 0. The Labute approximate surface area is 94.6 Å². The molecule has 88 valence electrons. The van der Waals surface area contributed by atoms with Gasteiger partial charge in [-0.05, 0) is 34.3 Å². The van der Waals surface area contributed by atoms with Gasteiger partial charge in [0.25, 0.3) is 0 Å². The second kappa shape index (κ2) is 51.0. The number of nitrogens with one attached hydrogen (secondary N) is 2. The maximum absolute atomic E-state index is 2.81. The Morgan fingerprint density at radius 3 is 1.36 bits per heavy atom. The summed E-state index contributed by atoms with van der Waals surface area (Å²) in [6.45, 7) is 10.5. The molecular formula is C10H30N2P2+2. The molecule has 0 aliphatic rings. The van der Waals surface area contributed by atoms with Crippen LogP contribution in [-0.4, -0.2) is 53.1 Å². The number of hydrogen-bond donors (Lipinski definition) is 2. The topological polar surface area (TPSA) is 26.0 Å². The van der Waals surface area contributed by atoms with Crippen molar-refractivity contribution in [3.05, 3.63) is 0 Å². The minimum Gasteiger partial charge on any atom is -0.323 e. The molecule has 0 amide bonds. The van der Waals surface area contributed by atoms with Crippen molar-refractivity contribution < 1.29 is 4.99 Å². The van der Waals surface area contributed by atoms with E-state index in [1.54, 1.807) is 0 Å². The normalized spacial score (nSPS) is 8.00. The molecule has 0 heterocycles. The predicted molar refractivity (Wildman–Crippen MR) is 79.7 cm³/mol. The average Bonchev–Trinajstić information content (AvgIpc) is 2.20. The van der Waals surface area contributed by atoms with Crippen LogP contribution in [0.1, 0.15) is 13.8 Å². The molecule has 0 bridgehead atoms. The van der Waals surface area contributed by atoms with Crippen molar-refractivity contribution in [3.63, 3.8) is 0 Å². The lowest BCUT2D eigenvalue weighted by Crippen LogP contribution is -2.62. The summed E-state index contributed by atoms with van der Waals surface area (Å²) in [5.74, 6) is 2.15. The van der Waals surface area contributed by atoms with E-state index < -0.39 is 0 Å². The lowest BCUT2D eigenvalue weighted by Gasteiger charge is -1.59. The highest BCUT2D eigenvalue weighted by molar-refractivity contribution is 7.37. The van der Waals surface area contributed by atoms with Gasteiger partial charge in [0.2, 0.25) is 0 Å². The van der Waals surface area contributed by atoms with Crippen LogP contribution in [0, 0.1) is 0 Å². The zero-order chi connectivity index (χ0) is 12.2. The molecule has 2 N–H and O–H groups in total. The van der Waals surface area contributed by atoms with Gasteiger partial charge in [-0.2, -0.15) is 0 Å². The van der Waals surface area contributed by atoms with Crippen LogP contribution in [0.25, 0.3) is 0 Å². The molecule has 0 radical (unpaired) electrons. The molecule has 14 heavy (non-hydrogen) atoms. The van der Waals surface area contributed by atoms with Gasteiger partial charge in [0.15, 0.2) is 0 Å². The molecule has 0 saturated heterocycles. The van der Waals surface area contributed by atoms with Crippen molar-refractivity contribution in [2.75, 3.05) is 41.1 Å². The molecule has 0 saturated carbocycles. The first-order chi connectivity index (χ1) is 6.66. The second-order valence-electron chi connectivity index (χ2n) is 2.15. The lowest BCUT2D eigenvalue weighted by molar-refractivity contribution is -0.414. The van der Waals surface area contributed by atoms with Crippen molar-refractivity contribution in [1.82, 2.24) is 5.32 Å². The van der Waals surface area contributed by atoms with Crippen LogP contribution < -0.4 is 10.3 Å². The molecule has 0 aromatic heterocycles. The van der Waals surface area contributed by atoms with E-state index in [2.05, 4.69) is 43.0 Å². The van der Waals surface area contributed by atoms with Crippen LogP contribution >= 0.6 is 16.8 Å². The summed E-state index contributed by atoms with van der Waals surface area (Å²) in [5, 5.41) is 2.75. The molecule has 0 aromatic carbocycles. The summed E-state index contributed by atoms with van der Waals surface area (Å²) in [4.78, 5) is 2.81. The first kappa shape index (κ1) is 23.8. The summed E-state index contributed by atoms with van der Waals surface area (Å²) < 4.78 is 0. The highest BCUT2D eigenvalue weighted by atomic mass is 31.1. The monoisotopic (exact) mass is 240 g/mol. The molecule has 1 atom stereocenters. The van der Waals surface area contributed by atoms with Crippen molar-refractivity contribution in [2.45, 2.75) is 13.8 Å². The van der Waals surface area contributed by atoms with Crippen LogP contribution in [0.4, 0.5) is 0 Å². The molecular weight excluding hydrogens is 210 g/mol. The molecule has 0 aromatic rings. The van der Waals surface area contributed by atoms with E-state index in [-0.39, 0.29) is 0 Å². The molecule has 0 spiro atoms. The molecule has 0 aliphatic carbocycles. The van der Waals surface area contributed by atoms with E-state index in [1.165, 1.54) is 0 Å². The summed E-state index contributed by atoms with van der Waals surface area (Å²) >= 11 is 0. The van der Waals surface area contributed by atoms with Gasteiger partial charge >= 0.3 is 0 Å². The Hall–Kier alpha value is 0.230. The van der Waals surface area contributed by atoms with Gasteiger partial charge in [-0.1, -0.05) is 0 Å². The summed E-state index contributed by atoms with van der Waals surface area (Å²) in [7, 11) is 7.72. The third-order valence-electron chi connectivity index (χ3n) is 0.577. The maximum Gasteiger partial charge on any atom is 0.134 e. The maximum atomic E-state index is 2.81. The van der Waals surface area contributed by atoms with Crippen molar-refractivity contribution >= 4 is 28.8 Å². The highest BCUT2D eigenvalue weighted by Crippen LogP contribution is 1.84. The average molecular weight is 240 g/mol. The smallest absolute Gasteiger partial charge is 0.134 e. The van der Waals surface area contributed by atoms with E-state index in [9.17, 15) is 0 Å². The van der Waals surface area contributed by atoms with Gasteiger partial charge in [-0.25, -0.2) is 0 Å². The molecule has 0 aliphatic heterocycles. The van der Waals surface area contributed by atoms with E-state index in [0.29, 0.717) is 0 Å². The Kier molecular flexibility index (Phi) is 86.7. The van der Waals surface area contributed by atoms with Gasteiger partial charge in [-0.15, -0.1) is 8.58 Å². The minimum atomic E-state index is 1.02. The van der Waals surface area contributed by atoms with Gasteiger partial charge in [0.1, 0.15) is 13.3 Å². The first-order valence-corrected chi connectivity index (χ1v) is 8.31. The summed E-state index contributed by atoms with van der Waals surface area (Å²) in [6.07, 6.45) is 1.88. The molecule has 4 heteroatoms. The Morgan fingerprint density at radius 2 is 1.36 bits per heavy atom. The highest BCUT2D eigenvalue weighted by Gasteiger charge is 1.48. The third-order valence-corrected chi connectivity index (χ3v) is 1.15.